The molecule has 33 heavy (non-hydrogen) atoms. The van der Waals surface area contributed by atoms with Crippen LogP contribution in [-0.4, -0.2) is 42.5 Å². The Hall–Kier alpha value is -3.72. The number of carbonyl (C=O) groups is 4. The summed E-state index contributed by atoms with van der Waals surface area (Å²) in [5, 5.41) is 2.66. The largest absolute Gasteiger partial charge is 0.464 e. The molecule has 176 valence electrons. The Balaban J connectivity index is 2.12. The molecule has 2 rings (SSSR count). The Morgan fingerprint density at radius 3 is 2.12 bits per heavy atom. The number of carbonyl (C=O) groups excluding carboxylic acids is 4. The van der Waals surface area contributed by atoms with E-state index in [-0.39, 0.29) is 30.9 Å². The number of hydrogen-bond donors (Lipinski definition) is 2. The minimum atomic E-state index is -0.998. The van der Waals surface area contributed by atoms with E-state index in [0.29, 0.717) is 5.56 Å². The predicted molar refractivity (Wildman–Crippen MR) is 119 cm³/mol. The molecular weight excluding hydrogens is 428 g/mol. The van der Waals surface area contributed by atoms with E-state index < -0.39 is 35.9 Å². The van der Waals surface area contributed by atoms with Crippen molar-refractivity contribution in [3.63, 3.8) is 0 Å². The third-order valence-corrected chi connectivity index (χ3v) is 4.48. The van der Waals surface area contributed by atoms with E-state index in [1.807, 2.05) is 30.3 Å². The first-order valence-corrected chi connectivity index (χ1v) is 10.5. The van der Waals surface area contributed by atoms with E-state index in [1.165, 1.54) is 26.0 Å². The van der Waals surface area contributed by atoms with Gasteiger partial charge in [-0.2, -0.15) is 0 Å². The third kappa shape index (κ3) is 8.38. The van der Waals surface area contributed by atoms with Crippen LogP contribution in [0.15, 0.2) is 48.5 Å². The molecule has 0 fully saturated rings. The van der Waals surface area contributed by atoms with Crippen molar-refractivity contribution in [3.05, 3.63) is 59.7 Å². The van der Waals surface area contributed by atoms with Crippen LogP contribution in [0, 0.1) is 0 Å². The number of amides is 1. The molecule has 2 aromatic carbocycles. The van der Waals surface area contributed by atoms with Crippen molar-refractivity contribution in [3.8, 4) is 11.5 Å². The van der Waals surface area contributed by atoms with Gasteiger partial charge in [-0.25, -0.2) is 4.79 Å². The van der Waals surface area contributed by atoms with Crippen LogP contribution in [-0.2, 0) is 36.8 Å². The maximum atomic E-state index is 12.7. The second kappa shape index (κ2) is 12.4. The van der Waals surface area contributed by atoms with Crippen LogP contribution in [0.25, 0.3) is 0 Å². The minimum absolute atomic E-state index is 0.0382. The fraction of sp³-hybridized carbons (Fsp3) is 0.333. The minimum Gasteiger partial charge on any atom is -0.464 e. The number of ether oxygens (including phenoxy) is 3. The molecule has 0 heterocycles. The van der Waals surface area contributed by atoms with Crippen LogP contribution in [0.4, 0.5) is 0 Å². The van der Waals surface area contributed by atoms with Crippen LogP contribution < -0.4 is 20.5 Å². The predicted octanol–water partition coefficient (Wildman–Crippen LogP) is 1.70. The van der Waals surface area contributed by atoms with E-state index in [1.54, 1.807) is 13.0 Å². The molecule has 3 N–H and O–H groups in total. The summed E-state index contributed by atoms with van der Waals surface area (Å²) >= 11 is 0. The zero-order valence-corrected chi connectivity index (χ0v) is 18.8. The molecule has 2 aromatic rings. The van der Waals surface area contributed by atoms with Gasteiger partial charge < -0.3 is 25.3 Å². The van der Waals surface area contributed by atoms with Gasteiger partial charge in [0.1, 0.15) is 6.04 Å². The molecule has 0 radical (unpaired) electrons. The lowest BCUT2D eigenvalue weighted by Gasteiger charge is -2.20. The van der Waals surface area contributed by atoms with Gasteiger partial charge in [0.15, 0.2) is 11.5 Å². The number of rotatable bonds is 10. The molecule has 0 saturated carbocycles. The van der Waals surface area contributed by atoms with E-state index in [0.717, 1.165) is 5.56 Å². The quantitative estimate of drug-likeness (QED) is 0.408. The number of esters is 3. The molecular formula is C24H28N2O7. The molecule has 2 atom stereocenters. The van der Waals surface area contributed by atoms with E-state index in [9.17, 15) is 19.2 Å². The average molecular weight is 456 g/mol. The highest BCUT2D eigenvalue weighted by atomic mass is 16.6. The number of hydrogen-bond acceptors (Lipinski definition) is 8. The molecule has 0 aliphatic heterocycles. The Labute approximate surface area is 192 Å². The van der Waals surface area contributed by atoms with Crippen molar-refractivity contribution >= 4 is 23.8 Å². The zero-order valence-electron chi connectivity index (χ0n) is 18.8. The Kier molecular flexibility index (Phi) is 9.56. The number of benzene rings is 2. The normalized spacial score (nSPS) is 12.2. The summed E-state index contributed by atoms with van der Waals surface area (Å²) < 4.78 is 15.2. The van der Waals surface area contributed by atoms with Crippen molar-refractivity contribution in [2.45, 2.75) is 45.7 Å². The standard InChI is InChI=1S/C24H28N2O7/c1-4-31-24(30)20(13-17-8-6-5-7-9-17)26-23(29)19(25)12-18-10-11-21(32-15(2)27)22(14-18)33-16(3)28/h5-11,14,19-20H,4,12-13,25H2,1-3H3,(H,26,29)/t19-,20-/m0/s1. The summed E-state index contributed by atoms with van der Waals surface area (Å²) in [5.74, 6) is -2.15. The lowest BCUT2D eigenvalue weighted by atomic mass is 10.0. The van der Waals surface area contributed by atoms with Gasteiger partial charge in [0.2, 0.25) is 5.91 Å². The van der Waals surface area contributed by atoms with Gasteiger partial charge in [-0.05, 0) is 36.6 Å². The Morgan fingerprint density at radius 2 is 1.52 bits per heavy atom. The lowest BCUT2D eigenvalue weighted by Crippen LogP contribution is -2.50. The smallest absolute Gasteiger partial charge is 0.328 e. The zero-order chi connectivity index (χ0) is 24.4. The maximum absolute atomic E-state index is 12.7. The Morgan fingerprint density at radius 1 is 0.879 bits per heavy atom. The molecule has 9 nitrogen and oxygen atoms in total. The van der Waals surface area contributed by atoms with Crippen molar-refractivity contribution in [1.82, 2.24) is 5.32 Å². The van der Waals surface area contributed by atoms with Crippen molar-refractivity contribution in [2.75, 3.05) is 6.61 Å². The molecule has 1 amide bonds. The summed E-state index contributed by atoms with van der Waals surface area (Å²) in [5.41, 5.74) is 7.51. The Bertz CT molecular complexity index is 992. The molecule has 9 heteroatoms. The lowest BCUT2D eigenvalue weighted by molar-refractivity contribution is -0.147. The van der Waals surface area contributed by atoms with Gasteiger partial charge in [-0.15, -0.1) is 0 Å². The first kappa shape index (κ1) is 25.5. The highest BCUT2D eigenvalue weighted by molar-refractivity contribution is 5.87. The summed E-state index contributed by atoms with van der Waals surface area (Å²) in [6, 6.07) is 11.9. The van der Waals surface area contributed by atoms with Crippen molar-refractivity contribution in [2.24, 2.45) is 5.73 Å². The van der Waals surface area contributed by atoms with Gasteiger partial charge in [0.25, 0.3) is 0 Å². The molecule has 0 aromatic heterocycles. The first-order valence-electron chi connectivity index (χ1n) is 10.5. The van der Waals surface area contributed by atoms with E-state index in [4.69, 9.17) is 19.9 Å². The SMILES string of the molecule is CCOC(=O)[C@H](Cc1ccccc1)NC(=O)[C@@H](N)Cc1ccc(OC(C)=O)c(OC(C)=O)c1. The van der Waals surface area contributed by atoms with Gasteiger partial charge >= 0.3 is 17.9 Å². The fourth-order valence-electron chi connectivity index (χ4n) is 3.06. The topological polar surface area (TPSA) is 134 Å². The van der Waals surface area contributed by atoms with Crippen LogP contribution in [0.1, 0.15) is 31.9 Å². The summed E-state index contributed by atoms with van der Waals surface area (Å²) in [7, 11) is 0. The van der Waals surface area contributed by atoms with Crippen molar-refractivity contribution < 1.29 is 33.4 Å². The second-order valence-corrected chi connectivity index (χ2v) is 7.28. The monoisotopic (exact) mass is 456 g/mol. The maximum Gasteiger partial charge on any atom is 0.328 e. The molecule has 0 bridgehead atoms. The summed E-state index contributed by atoms with van der Waals surface area (Å²) in [4.78, 5) is 47.8. The number of nitrogens with one attached hydrogen (secondary N) is 1. The molecule has 0 spiro atoms. The van der Waals surface area contributed by atoms with E-state index >= 15 is 0 Å². The van der Waals surface area contributed by atoms with Gasteiger partial charge in [0, 0.05) is 20.3 Å². The highest BCUT2D eigenvalue weighted by Crippen LogP contribution is 2.29. The molecule has 0 unspecified atom stereocenters. The fourth-order valence-corrected chi connectivity index (χ4v) is 3.06. The van der Waals surface area contributed by atoms with Crippen LogP contribution in [0.2, 0.25) is 0 Å². The van der Waals surface area contributed by atoms with Gasteiger partial charge in [-0.3, -0.25) is 14.4 Å². The molecule has 0 aliphatic rings. The van der Waals surface area contributed by atoms with Crippen LogP contribution in [0.3, 0.4) is 0 Å². The highest BCUT2D eigenvalue weighted by Gasteiger charge is 2.25. The summed E-state index contributed by atoms with van der Waals surface area (Å²) in [6.45, 7) is 4.30. The second-order valence-electron chi connectivity index (χ2n) is 7.28. The number of nitrogens with two attached hydrogens (primary N) is 1. The third-order valence-electron chi connectivity index (χ3n) is 4.48. The first-order chi connectivity index (χ1) is 15.7. The van der Waals surface area contributed by atoms with Crippen molar-refractivity contribution in [1.29, 1.82) is 0 Å². The van der Waals surface area contributed by atoms with Crippen LogP contribution in [0.5, 0.6) is 11.5 Å². The van der Waals surface area contributed by atoms with E-state index in [2.05, 4.69) is 5.32 Å². The summed E-state index contributed by atoms with van der Waals surface area (Å²) in [6.07, 6.45) is 0.340. The van der Waals surface area contributed by atoms with Crippen LogP contribution >= 0.6 is 0 Å². The average Bonchev–Trinajstić information content (AvgIpc) is 2.75. The molecule has 0 saturated heterocycles. The molecule has 0 aliphatic carbocycles. The van der Waals surface area contributed by atoms with Gasteiger partial charge in [0.05, 0.1) is 12.6 Å². The van der Waals surface area contributed by atoms with Gasteiger partial charge in [-0.1, -0.05) is 36.4 Å².